The molecule has 1 heterocycles. The predicted octanol–water partition coefficient (Wildman–Crippen LogP) is 4.71. The smallest absolute Gasteiger partial charge is 0.131 e. The van der Waals surface area contributed by atoms with Crippen LogP contribution in [0.3, 0.4) is 0 Å². The van der Waals surface area contributed by atoms with Gasteiger partial charge < -0.3 is 5.32 Å². The average molecular weight is 284 g/mol. The molecule has 1 aromatic heterocycles. The maximum Gasteiger partial charge on any atom is 0.131 e. The maximum absolute atomic E-state index is 13.8. The van der Waals surface area contributed by atoms with Gasteiger partial charge in [-0.25, -0.2) is 4.39 Å². The van der Waals surface area contributed by atoms with Gasteiger partial charge in [0.1, 0.15) is 5.82 Å². The zero-order valence-corrected chi connectivity index (χ0v) is 11.7. The molecule has 0 atom stereocenters. The van der Waals surface area contributed by atoms with E-state index in [1.54, 1.807) is 6.07 Å². The van der Waals surface area contributed by atoms with E-state index in [4.69, 9.17) is 11.6 Å². The highest BCUT2D eigenvalue weighted by Crippen LogP contribution is 2.33. The fourth-order valence-corrected chi connectivity index (χ4v) is 2.80. The lowest BCUT2D eigenvalue weighted by atomic mass is 10.1. The van der Waals surface area contributed by atoms with Gasteiger partial charge in [0.15, 0.2) is 0 Å². The summed E-state index contributed by atoms with van der Waals surface area (Å²) >= 11 is 7.29. The summed E-state index contributed by atoms with van der Waals surface area (Å²) in [7, 11) is 0. The van der Waals surface area contributed by atoms with E-state index in [-0.39, 0.29) is 5.82 Å². The number of hydrogen-bond acceptors (Lipinski definition) is 2. The molecule has 0 aliphatic heterocycles. The summed E-state index contributed by atoms with van der Waals surface area (Å²) in [6.45, 7) is 3.86. The first kappa shape index (κ1) is 13.5. The Morgan fingerprint density at radius 1 is 1.28 bits per heavy atom. The molecule has 0 radical (unpaired) electrons. The van der Waals surface area contributed by atoms with Gasteiger partial charge in [-0.1, -0.05) is 24.6 Å². The highest BCUT2D eigenvalue weighted by Gasteiger charge is 2.08. The Morgan fingerprint density at radius 3 is 2.78 bits per heavy atom. The molecule has 1 N–H and O–H groups in total. The summed E-state index contributed by atoms with van der Waals surface area (Å²) < 4.78 is 14.5. The van der Waals surface area contributed by atoms with Crippen LogP contribution in [0.2, 0.25) is 4.34 Å². The van der Waals surface area contributed by atoms with Crippen LogP contribution >= 0.6 is 22.9 Å². The first-order valence-corrected chi connectivity index (χ1v) is 7.15. The third-order valence-corrected chi connectivity index (χ3v) is 3.89. The molecule has 0 saturated heterocycles. The van der Waals surface area contributed by atoms with Crippen molar-refractivity contribution in [2.45, 2.75) is 19.9 Å². The third kappa shape index (κ3) is 3.31. The standard InChI is InChI=1S/C14H15ClFNS/c1-2-7-17-9-10-3-4-12(16)11(8-10)13-5-6-14(15)18-13/h3-6,8,17H,2,7,9H2,1H3. The molecule has 2 rings (SSSR count). The van der Waals surface area contributed by atoms with Gasteiger partial charge in [-0.15, -0.1) is 11.3 Å². The molecule has 0 aliphatic carbocycles. The molecule has 0 unspecified atom stereocenters. The maximum atomic E-state index is 13.8. The van der Waals surface area contributed by atoms with E-state index >= 15 is 0 Å². The Hall–Kier alpha value is -0.900. The van der Waals surface area contributed by atoms with Crippen molar-refractivity contribution in [3.63, 3.8) is 0 Å². The van der Waals surface area contributed by atoms with E-state index in [0.29, 0.717) is 9.90 Å². The van der Waals surface area contributed by atoms with Crippen molar-refractivity contribution in [2.24, 2.45) is 0 Å². The second-order valence-electron chi connectivity index (χ2n) is 4.09. The van der Waals surface area contributed by atoms with Crippen molar-refractivity contribution in [3.05, 3.63) is 46.0 Å². The van der Waals surface area contributed by atoms with Crippen LogP contribution in [-0.4, -0.2) is 6.54 Å². The van der Waals surface area contributed by atoms with Crippen molar-refractivity contribution in [3.8, 4) is 10.4 Å². The summed E-state index contributed by atoms with van der Waals surface area (Å²) in [6.07, 6.45) is 1.09. The van der Waals surface area contributed by atoms with Crippen LogP contribution in [0.1, 0.15) is 18.9 Å². The van der Waals surface area contributed by atoms with Gasteiger partial charge >= 0.3 is 0 Å². The molecule has 2 aromatic rings. The Labute approximate surface area is 116 Å². The van der Waals surface area contributed by atoms with Crippen molar-refractivity contribution < 1.29 is 4.39 Å². The van der Waals surface area contributed by atoms with Crippen LogP contribution in [0.15, 0.2) is 30.3 Å². The fraction of sp³-hybridized carbons (Fsp3) is 0.286. The van der Waals surface area contributed by atoms with Crippen molar-refractivity contribution in [1.82, 2.24) is 5.32 Å². The van der Waals surface area contributed by atoms with Gasteiger partial charge in [-0.2, -0.15) is 0 Å². The number of hydrogen-bond donors (Lipinski definition) is 1. The van der Waals surface area contributed by atoms with E-state index < -0.39 is 0 Å². The van der Waals surface area contributed by atoms with Gasteiger partial charge in [0, 0.05) is 17.0 Å². The number of halogens is 2. The van der Waals surface area contributed by atoms with Gasteiger partial charge in [0.2, 0.25) is 0 Å². The van der Waals surface area contributed by atoms with Gasteiger partial charge in [-0.05, 0) is 42.8 Å². The second-order valence-corrected chi connectivity index (χ2v) is 5.81. The summed E-state index contributed by atoms with van der Waals surface area (Å²) in [5.41, 5.74) is 1.71. The lowest BCUT2D eigenvalue weighted by Gasteiger charge is -2.06. The monoisotopic (exact) mass is 283 g/mol. The molecular formula is C14H15ClFNS. The van der Waals surface area contributed by atoms with Gasteiger partial charge in [0.05, 0.1) is 4.34 Å². The minimum Gasteiger partial charge on any atom is -0.313 e. The van der Waals surface area contributed by atoms with Crippen LogP contribution in [0.4, 0.5) is 4.39 Å². The third-order valence-electron chi connectivity index (χ3n) is 2.63. The van der Waals surface area contributed by atoms with E-state index in [1.807, 2.05) is 18.2 Å². The highest BCUT2D eigenvalue weighted by molar-refractivity contribution is 7.19. The Morgan fingerprint density at radius 2 is 2.11 bits per heavy atom. The zero-order chi connectivity index (χ0) is 13.0. The van der Waals surface area contributed by atoms with E-state index in [2.05, 4.69) is 12.2 Å². The SMILES string of the molecule is CCCNCc1ccc(F)c(-c2ccc(Cl)s2)c1. The Kier molecular flexibility index (Phi) is 4.75. The second kappa shape index (κ2) is 6.32. The van der Waals surface area contributed by atoms with Crippen molar-refractivity contribution in [2.75, 3.05) is 6.54 Å². The minimum atomic E-state index is -0.201. The summed E-state index contributed by atoms with van der Waals surface area (Å²) in [6, 6.07) is 8.88. The Bertz CT molecular complexity index is 524. The summed E-state index contributed by atoms with van der Waals surface area (Å²) in [5.74, 6) is -0.201. The molecule has 18 heavy (non-hydrogen) atoms. The quantitative estimate of drug-likeness (QED) is 0.784. The van der Waals surface area contributed by atoms with E-state index in [9.17, 15) is 4.39 Å². The molecule has 0 spiro atoms. The molecule has 0 bridgehead atoms. The molecule has 0 aliphatic rings. The normalized spacial score (nSPS) is 10.8. The number of benzene rings is 1. The summed E-state index contributed by atoms with van der Waals surface area (Å²) in [4.78, 5) is 0.870. The Balaban J connectivity index is 2.21. The zero-order valence-electron chi connectivity index (χ0n) is 10.2. The van der Waals surface area contributed by atoms with E-state index in [0.717, 1.165) is 30.0 Å². The first-order valence-electron chi connectivity index (χ1n) is 5.95. The molecule has 0 fully saturated rings. The molecule has 1 nitrogen and oxygen atoms in total. The van der Waals surface area contributed by atoms with E-state index in [1.165, 1.54) is 17.4 Å². The minimum absolute atomic E-state index is 0.201. The molecule has 96 valence electrons. The molecule has 4 heteroatoms. The highest BCUT2D eigenvalue weighted by atomic mass is 35.5. The number of rotatable bonds is 5. The van der Waals surface area contributed by atoms with Crippen LogP contribution in [-0.2, 0) is 6.54 Å². The lowest BCUT2D eigenvalue weighted by molar-refractivity contribution is 0.628. The van der Waals surface area contributed by atoms with Crippen LogP contribution in [0, 0.1) is 5.82 Å². The van der Waals surface area contributed by atoms with Gasteiger partial charge in [0.25, 0.3) is 0 Å². The van der Waals surface area contributed by atoms with Crippen molar-refractivity contribution in [1.29, 1.82) is 0 Å². The fourth-order valence-electron chi connectivity index (χ4n) is 1.74. The first-order chi connectivity index (χ1) is 8.70. The van der Waals surface area contributed by atoms with Crippen LogP contribution in [0.25, 0.3) is 10.4 Å². The van der Waals surface area contributed by atoms with Crippen molar-refractivity contribution >= 4 is 22.9 Å². The largest absolute Gasteiger partial charge is 0.313 e. The molecular weight excluding hydrogens is 269 g/mol. The van der Waals surface area contributed by atoms with Crippen LogP contribution in [0.5, 0.6) is 0 Å². The molecule has 1 aromatic carbocycles. The van der Waals surface area contributed by atoms with Crippen LogP contribution < -0.4 is 5.32 Å². The summed E-state index contributed by atoms with van der Waals surface area (Å²) in [5, 5.41) is 3.31. The average Bonchev–Trinajstić information content (AvgIpc) is 2.78. The number of thiophene rings is 1. The topological polar surface area (TPSA) is 12.0 Å². The van der Waals surface area contributed by atoms with Gasteiger partial charge in [-0.3, -0.25) is 0 Å². The molecule has 0 amide bonds. The molecule has 0 saturated carbocycles. The number of nitrogens with one attached hydrogen (secondary N) is 1. The lowest BCUT2D eigenvalue weighted by Crippen LogP contribution is -2.13. The predicted molar refractivity (Wildman–Crippen MR) is 76.7 cm³/mol.